The minimum absolute atomic E-state index is 0.160. The highest BCUT2D eigenvalue weighted by atomic mass is 35.5. The summed E-state index contributed by atoms with van der Waals surface area (Å²) in [5, 5.41) is 0.952. The molecule has 0 N–H and O–H groups in total. The molecule has 19 heavy (non-hydrogen) atoms. The van der Waals surface area contributed by atoms with Gasteiger partial charge in [-0.3, -0.25) is 0 Å². The van der Waals surface area contributed by atoms with E-state index < -0.39 is 0 Å². The lowest BCUT2D eigenvalue weighted by atomic mass is 10.1. The van der Waals surface area contributed by atoms with Crippen LogP contribution in [0.25, 0.3) is 0 Å². The molecule has 0 aliphatic rings. The van der Waals surface area contributed by atoms with Gasteiger partial charge in [0.15, 0.2) is 0 Å². The normalized spacial score (nSPS) is 10.8. The molecule has 0 saturated heterocycles. The van der Waals surface area contributed by atoms with Gasteiger partial charge in [0.05, 0.1) is 10.6 Å². The summed E-state index contributed by atoms with van der Waals surface area (Å²) in [6.07, 6.45) is 1.38. The van der Waals surface area contributed by atoms with Crippen LogP contribution < -0.4 is 4.74 Å². The molecule has 2 aromatic rings. The predicted octanol–water partition coefficient (Wildman–Crippen LogP) is 5.01. The third-order valence-electron chi connectivity index (χ3n) is 2.67. The number of benzene rings is 1. The summed E-state index contributed by atoms with van der Waals surface area (Å²) in [5.74, 6) is 1.16. The van der Waals surface area contributed by atoms with Crippen molar-refractivity contribution in [2.45, 2.75) is 26.7 Å². The Morgan fingerprint density at radius 3 is 2.53 bits per heavy atom. The Balaban J connectivity index is 2.41. The quantitative estimate of drug-likeness (QED) is 0.747. The molecule has 0 atom stereocenters. The molecule has 100 valence electrons. The van der Waals surface area contributed by atoms with E-state index >= 15 is 0 Å². The molecular formula is C14H14Cl2N2O. The van der Waals surface area contributed by atoms with Gasteiger partial charge in [-0.15, -0.1) is 0 Å². The summed E-state index contributed by atoms with van der Waals surface area (Å²) in [5.41, 5.74) is 1.85. The molecule has 5 heteroatoms. The monoisotopic (exact) mass is 296 g/mol. The molecule has 0 aliphatic carbocycles. The first-order chi connectivity index (χ1) is 8.99. The average molecular weight is 297 g/mol. The summed E-state index contributed by atoms with van der Waals surface area (Å²) < 4.78 is 5.77. The third-order valence-corrected chi connectivity index (χ3v) is 3.27. The van der Waals surface area contributed by atoms with Crippen molar-refractivity contribution in [3.63, 3.8) is 0 Å². The smallest absolute Gasteiger partial charge is 0.227 e. The molecule has 2 rings (SSSR count). The second kappa shape index (κ2) is 5.76. The van der Waals surface area contributed by atoms with Crippen molar-refractivity contribution >= 4 is 23.2 Å². The molecule has 0 amide bonds. The lowest BCUT2D eigenvalue weighted by molar-refractivity contribution is 0.451. The van der Waals surface area contributed by atoms with Gasteiger partial charge >= 0.3 is 0 Å². The first-order valence-corrected chi connectivity index (χ1v) is 6.69. The fourth-order valence-corrected chi connectivity index (χ4v) is 2.33. The number of aromatic nitrogens is 2. The maximum atomic E-state index is 6.15. The highest BCUT2D eigenvalue weighted by Gasteiger charge is 2.16. The molecular weight excluding hydrogens is 283 g/mol. The second-order valence-corrected chi connectivity index (χ2v) is 5.34. The summed E-state index contributed by atoms with van der Waals surface area (Å²) >= 11 is 12.2. The Hall–Kier alpha value is -1.32. The second-order valence-electron chi connectivity index (χ2n) is 4.57. The van der Waals surface area contributed by atoms with Gasteiger partial charge in [0.2, 0.25) is 5.88 Å². The van der Waals surface area contributed by atoms with Crippen LogP contribution in [0.4, 0.5) is 0 Å². The van der Waals surface area contributed by atoms with E-state index in [4.69, 9.17) is 27.9 Å². The fourth-order valence-electron chi connectivity index (χ4n) is 1.72. The standard InChI is InChI=1S/C14H14Cl2N2O/c1-8(2)12-13(16)17-7-18-14(12)19-11-5-4-9(3)6-10(11)15/h4-8H,1-3H3. The van der Waals surface area contributed by atoms with Crippen LogP contribution in [0, 0.1) is 6.92 Å². The number of rotatable bonds is 3. The Bertz CT molecular complexity index is 600. The van der Waals surface area contributed by atoms with E-state index in [2.05, 4.69) is 9.97 Å². The Labute approximate surface area is 122 Å². The van der Waals surface area contributed by atoms with E-state index in [1.165, 1.54) is 6.33 Å². The van der Waals surface area contributed by atoms with Crippen LogP contribution in [0.5, 0.6) is 11.6 Å². The highest BCUT2D eigenvalue weighted by Crippen LogP contribution is 2.35. The van der Waals surface area contributed by atoms with Crippen LogP contribution in [0.3, 0.4) is 0 Å². The van der Waals surface area contributed by atoms with Crippen LogP contribution in [-0.2, 0) is 0 Å². The first-order valence-electron chi connectivity index (χ1n) is 5.93. The fraction of sp³-hybridized carbons (Fsp3) is 0.286. The van der Waals surface area contributed by atoms with Crippen molar-refractivity contribution in [3.05, 3.63) is 45.8 Å². The van der Waals surface area contributed by atoms with Gasteiger partial charge in [-0.25, -0.2) is 9.97 Å². The largest absolute Gasteiger partial charge is 0.437 e. The van der Waals surface area contributed by atoms with Crippen molar-refractivity contribution in [1.82, 2.24) is 9.97 Å². The molecule has 1 heterocycles. The molecule has 0 fully saturated rings. The summed E-state index contributed by atoms with van der Waals surface area (Å²) in [6.45, 7) is 5.99. The summed E-state index contributed by atoms with van der Waals surface area (Å²) in [6, 6.07) is 5.59. The number of ether oxygens (including phenoxy) is 1. The molecule has 0 saturated carbocycles. The Kier molecular flexibility index (Phi) is 4.27. The van der Waals surface area contributed by atoms with E-state index in [0.717, 1.165) is 11.1 Å². The summed E-state index contributed by atoms with van der Waals surface area (Å²) in [7, 11) is 0. The van der Waals surface area contributed by atoms with Crippen LogP contribution >= 0.6 is 23.2 Å². The summed E-state index contributed by atoms with van der Waals surface area (Å²) in [4.78, 5) is 8.12. The maximum absolute atomic E-state index is 6.15. The number of aryl methyl sites for hydroxylation is 1. The van der Waals surface area contributed by atoms with Gasteiger partial charge in [-0.2, -0.15) is 0 Å². The van der Waals surface area contributed by atoms with E-state index in [-0.39, 0.29) is 5.92 Å². The Morgan fingerprint density at radius 1 is 1.16 bits per heavy atom. The van der Waals surface area contributed by atoms with Crippen LogP contribution in [0.2, 0.25) is 10.2 Å². The minimum Gasteiger partial charge on any atom is -0.437 e. The minimum atomic E-state index is 0.160. The predicted molar refractivity (Wildman–Crippen MR) is 77.4 cm³/mol. The van der Waals surface area contributed by atoms with Crippen LogP contribution in [0.1, 0.15) is 30.9 Å². The van der Waals surface area contributed by atoms with E-state index in [1.807, 2.05) is 39.0 Å². The van der Waals surface area contributed by atoms with Crippen molar-refractivity contribution in [3.8, 4) is 11.6 Å². The van der Waals surface area contributed by atoms with Gasteiger partial charge in [-0.05, 0) is 30.5 Å². The average Bonchev–Trinajstić information content (AvgIpc) is 2.32. The zero-order valence-electron chi connectivity index (χ0n) is 10.9. The van der Waals surface area contributed by atoms with E-state index in [0.29, 0.717) is 21.8 Å². The van der Waals surface area contributed by atoms with Gasteiger partial charge in [0.25, 0.3) is 0 Å². The van der Waals surface area contributed by atoms with Gasteiger partial charge < -0.3 is 4.74 Å². The zero-order chi connectivity index (χ0) is 14.0. The van der Waals surface area contributed by atoms with Crippen molar-refractivity contribution < 1.29 is 4.74 Å². The number of hydrogen-bond acceptors (Lipinski definition) is 3. The molecule has 0 bridgehead atoms. The van der Waals surface area contributed by atoms with Gasteiger partial charge in [0, 0.05) is 0 Å². The number of halogens is 2. The SMILES string of the molecule is Cc1ccc(Oc2ncnc(Cl)c2C(C)C)c(Cl)c1. The first kappa shape index (κ1) is 14.1. The lowest BCUT2D eigenvalue weighted by Gasteiger charge is -2.14. The van der Waals surface area contributed by atoms with Crippen molar-refractivity contribution in [1.29, 1.82) is 0 Å². The number of hydrogen-bond donors (Lipinski definition) is 0. The molecule has 1 aromatic carbocycles. The molecule has 1 aromatic heterocycles. The van der Waals surface area contributed by atoms with E-state index in [1.54, 1.807) is 0 Å². The zero-order valence-corrected chi connectivity index (χ0v) is 12.5. The highest BCUT2D eigenvalue weighted by molar-refractivity contribution is 6.32. The van der Waals surface area contributed by atoms with Gasteiger partial charge in [-0.1, -0.05) is 43.1 Å². The number of nitrogens with zero attached hydrogens (tertiary/aromatic N) is 2. The molecule has 0 aliphatic heterocycles. The van der Waals surface area contributed by atoms with Gasteiger partial charge in [0.1, 0.15) is 17.2 Å². The van der Waals surface area contributed by atoms with Crippen molar-refractivity contribution in [2.24, 2.45) is 0 Å². The van der Waals surface area contributed by atoms with Crippen LogP contribution in [0.15, 0.2) is 24.5 Å². The Morgan fingerprint density at radius 2 is 1.89 bits per heavy atom. The maximum Gasteiger partial charge on any atom is 0.227 e. The molecule has 0 radical (unpaired) electrons. The molecule has 3 nitrogen and oxygen atoms in total. The van der Waals surface area contributed by atoms with Crippen LogP contribution in [-0.4, -0.2) is 9.97 Å². The molecule has 0 spiro atoms. The van der Waals surface area contributed by atoms with Crippen molar-refractivity contribution in [2.75, 3.05) is 0 Å². The third kappa shape index (κ3) is 3.17. The lowest BCUT2D eigenvalue weighted by Crippen LogP contribution is -2.00. The van der Waals surface area contributed by atoms with E-state index in [9.17, 15) is 0 Å². The molecule has 0 unspecified atom stereocenters. The topological polar surface area (TPSA) is 35.0 Å².